The van der Waals surface area contributed by atoms with Gasteiger partial charge in [0.15, 0.2) is 4.93 Å². The topological polar surface area (TPSA) is 104 Å². The smallest absolute Gasteiger partial charge is 0.410 e. The van der Waals surface area contributed by atoms with Crippen molar-refractivity contribution in [2.45, 2.75) is 50.6 Å². The zero-order chi connectivity index (χ0) is 14.9. The zero-order valence-corrected chi connectivity index (χ0v) is 12.2. The van der Waals surface area contributed by atoms with Crippen LogP contribution in [0.25, 0.3) is 0 Å². The van der Waals surface area contributed by atoms with Gasteiger partial charge in [0.2, 0.25) is 0 Å². The first kappa shape index (κ1) is 16.2. The fourth-order valence-electron chi connectivity index (χ4n) is 1.86. The van der Waals surface area contributed by atoms with E-state index in [-0.39, 0.29) is 32.4 Å². The number of carbonyl (C=O) groups is 1. The second-order valence-corrected chi connectivity index (χ2v) is 7.45. The molecule has 0 bridgehead atoms. The number of ether oxygens (including phenoxy) is 1. The molecule has 1 amide bonds. The molecule has 0 saturated carbocycles. The Morgan fingerprint density at radius 2 is 1.84 bits per heavy atom. The van der Waals surface area contributed by atoms with E-state index >= 15 is 0 Å². The number of hydrogen-bond acceptors (Lipinski definition) is 5. The average Bonchev–Trinajstić information content (AvgIpc) is 2.37. The van der Waals surface area contributed by atoms with E-state index in [1.54, 1.807) is 20.8 Å². The molecule has 8 heteroatoms. The summed E-state index contributed by atoms with van der Waals surface area (Å²) in [6.45, 7) is 5.50. The summed E-state index contributed by atoms with van der Waals surface area (Å²) < 4.78 is 36.5. The van der Waals surface area contributed by atoms with Crippen LogP contribution in [0.3, 0.4) is 0 Å². The van der Waals surface area contributed by atoms with Gasteiger partial charge in [0.1, 0.15) is 5.60 Å². The van der Waals surface area contributed by atoms with E-state index in [0.717, 1.165) is 0 Å². The minimum absolute atomic E-state index is 0.0191. The Kier molecular flexibility index (Phi) is 4.48. The Balaban J connectivity index is 2.72. The number of hydrogen-bond donors (Lipinski definition) is 2. The van der Waals surface area contributed by atoms with Crippen LogP contribution in [0.1, 0.15) is 40.0 Å². The SMILES string of the molecule is CC(C)(C)OC(=O)N1CCCC(O)(S(=O)(=O)O)CC1. The highest BCUT2D eigenvalue weighted by Crippen LogP contribution is 2.27. The molecule has 0 spiro atoms. The first-order chi connectivity index (χ1) is 8.45. The van der Waals surface area contributed by atoms with Gasteiger partial charge in [-0.15, -0.1) is 0 Å². The molecule has 0 aromatic heterocycles. The van der Waals surface area contributed by atoms with Gasteiger partial charge < -0.3 is 14.7 Å². The molecule has 1 saturated heterocycles. The summed E-state index contributed by atoms with van der Waals surface area (Å²) >= 11 is 0. The standard InChI is InChI=1S/C11H21NO6S/c1-10(2,3)18-9(13)12-7-4-5-11(14,6-8-12)19(15,16)17/h14H,4-8H2,1-3H3,(H,15,16,17). The number of likely N-dealkylation sites (tertiary alicyclic amines) is 1. The molecule has 0 aromatic rings. The van der Waals surface area contributed by atoms with Crippen molar-refractivity contribution in [2.75, 3.05) is 13.1 Å². The molecule has 1 unspecified atom stereocenters. The number of nitrogens with zero attached hydrogens (tertiary/aromatic N) is 1. The summed E-state index contributed by atoms with van der Waals surface area (Å²) in [5.74, 6) is 0. The Labute approximate surface area is 113 Å². The highest BCUT2D eigenvalue weighted by atomic mass is 32.2. The molecule has 1 aliphatic rings. The maximum Gasteiger partial charge on any atom is 0.410 e. The van der Waals surface area contributed by atoms with Crippen molar-refractivity contribution in [2.24, 2.45) is 0 Å². The fourth-order valence-corrected chi connectivity index (χ4v) is 2.61. The summed E-state index contributed by atoms with van der Waals surface area (Å²) in [4.78, 5) is 11.0. The predicted molar refractivity (Wildman–Crippen MR) is 68.2 cm³/mol. The van der Waals surface area contributed by atoms with Crippen molar-refractivity contribution in [1.82, 2.24) is 4.90 Å². The summed E-state index contributed by atoms with van der Waals surface area (Å²) in [5, 5.41) is 9.90. The van der Waals surface area contributed by atoms with Gasteiger partial charge in [-0.3, -0.25) is 4.55 Å². The van der Waals surface area contributed by atoms with Gasteiger partial charge in [-0.2, -0.15) is 8.42 Å². The molecule has 1 atom stereocenters. The molecule has 1 aliphatic heterocycles. The van der Waals surface area contributed by atoms with Crippen LogP contribution in [0.5, 0.6) is 0 Å². The van der Waals surface area contributed by atoms with E-state index in [1.807, 2.05) is 0 Å². The fraction of sp³-hybridized carbons (Fsp3) is 0.909. The van der Waals surface area contributed by atoms with Crippen LogP contribution >= 0.6 is 0 Å². The van der Waals surface area contributed by atoms with E-state index < -0.39 is 26.7 Å². The quantitative estimate of drug-likeness (QED) is 0.699. The number of amides is 1. The minimum atomic E-state index is -4.56. The van der Waals surface area contributed by atoms with Gasteiger partial charge in [-0.1, -0.05) is 0 Å². The summed E-state index contributed by atoms with van der Waals surface area (Å²) in [5.41, 5.74) is -0.636. The molecule has 7 nitrogen and oxygen atoms in total. The van der Waals surface area contributed by atoms with Crippen LogP contribution in [-0.4, -0.2) is 52.7 Å². The first-order valence-electron chi connectivity index (χ1n) is 6.12. The number of aliphatic hydroxyl groups is 1. The molecular formula is C11H21NO6S. The second kappa shape index (κ2) is 5.26. The molecule has 0 radical (unpaired) electrons. The van der Waals surface area contributed by atoms with Crippen LogP contribution in [0.2, 0.25) is 0 Å². The van der Waals surface area contributed by atoms with Gasteiger partial charge in [0, 0.05) is 19.5 Å². The second-order valence-electron chi connectivity index (χ2n) is 5.74. The third-order valence-electron chi connectivity index (χ3n) is 2.90. The molecule has 1 fully saturated rings. The normalized spacial score (nSPS) is 25.8. The lowest BCUT2D eigenvalue weighted by Crippen LogP contribution is -2.41. The molecule has 2 N–H and O–H groups in total. The van der Waals surface area contributed by atoms with Crippen molar-refractivity contribution < 1.29 is 27.6 Å². The third kappa shape index (κ3) is 4.32. The van der Waals surface area contributed by atoms with Crippen molar-refractivity contribution in [3.63, 3.8) is 0 Å². The molecule has 1 heterocycles. The van der Waals surface area contributed by atoms with Gasteiger partial charge in [0.05, 0.1) is 0 Å². The summed E-state index contributed by atoms with van der Waals surface area (Å²) in [6, 6.07) is 0. The van der Waals surface area contributed by atoms with E-state index in [9.17, 15) is 18.3 Å². The van der Waals surface area contributed by atoms with Crippen LogP contribution in [0, 0.1) is 0 Å². The van der Waals surface area contributed by atoms with Gasteiger partial charge in [-0.05, 0) is 33.6 Å². The maximum atomic E-state index is 11.8. The predicted octanol–water partition coefficient (Wildman–Crippen LogP) is 0.984. The molecule has 112 valence electrons. The lowest BCUT2D eigenvalue weighted by Gasteiger charge is -2.27. The molecule has 0 aromatic carbocycles. The Morgan fingerprint density at radius 1 is 1.26 bits per heavy atom. The lowest BCUT2D eigenvalue weighted by atomic mass is 10.1. The largest absolute Gasteiger partial charge is 0.444 e. The molecular weight excluding hydrogens is 274 g/mol. The highest BCUT2D eigenvalue weighted by molar-refractivity contribution is 7.87. The average molecular weight is 295 g/mol. The van der Waals surface area contributed by atoms with Gasteiger partial charge >= 0.3 is 6.09 Å². The third-order valence-corrected chi connectivity index (χ3v) is 4.27. The number of rotatable bonds is 1. The molecule has 19 heavy (non-hydrogen) atoms. The molecule has 1 rings (SSSR count). The van der Waals surface area contributed by atoms with Crippen LogP contribution < -0.4 is 0 Å². The van der Waals surface area contributed by atoms with Gasteiger partial charge in [-0.25, -0.2) is 4.79 Å². The zero-order valence-electron chi connectivity index (χ0n) is 11.4. The molecule has 0 aliphatic carbocycles. The Morgan fingerprint density at radius 3 is 2.32 bits per heavy atom. The monoisotopic (exact) mass is 295 g/mol. The number of carbonyl (C=O) groups excluding carboxylic acids is 1. The van der Waals surface area contributed by atoms with Crippen molar-refractivity contribution in [3.05, 3.63) is 0 Å². The Hall–Kier alpha value is -0.860. The van der Waals surface area contributed by atoms with E-state index in [0.29, 0.717) is 0 Å². The Bertz CT molecular complexity index is 441. The van der Waals surface area contributed by atoms with Crippen LogP contribution in [0.4, 0.5) is 4.79 Å². The lowest BCUT2D eigenvalue weighted by molar-refractivity contribution is 0.0242. The van der Waals surface area contributed by atoms with Gasteiger partial charge in [0.25, 0.3) is 10.1 Å². The van der Waals surface area contributed by atoms with Crippen molar-refractivity contribution in [1.29, 1.82) is 0 Å². The van der Waals surface area contributed by atoms with Crippen LogP contribution in [0.15, 0.2) is 0 Å². The van der Waals surface area contributed by atoms with Crippen LogP contribution in [-0.2, 0) is 14.9 Å². The van der Waals surface area contributed by atoms with E-state index in [1.165, 1.54) is 4.90 Å². The first-order valence-corrected chi connectivity index (χ1v) is 7.56. The minimum Gasteiger partial charge on any atom is -0.444 e. The van der Waals surface area contributed by atoms with E-state index in [4.69, 9.17) is 9.29 Å². The van der Waals surface area contributed by atoms with E-state index in [2.05, 4.69) is 0 Å². The van der Waals surface area contributed by atoms with Crippen molar-refractivity contribution >= 4 is 16.2 Å². The summed E-state index contributed by atoms with van der Waals surface area (Å²) in [6.07, 6.45) is -0.613. The maximum absolute atomic E-state index is 11.8. The summed E-state index contributed by atoms with van der Waals surface area (Å²) in [7, 11) is -4.56. The van der Waals surface area contributed by atoms with Crippen molar-refractivity contribution in [3.8, 4) is 0 Å². The highest BCUT2D eigenvalue weighted by Gasteiger charge is 2.42.